The number of pyridine rings is 1. The van der Waals surface area contributed by atoms with Gasteiger partial charge in [0.05, 0.1) is 50.4 Å². The highest BCUT2D eigenvalue weighted by atomic mass is 16.5. The molecule has 3 heterocycles. The molecule has 31 heavy (non-hydrogen) atoms. The van der Waals surface area contributed by atoms with E-state index in [-0.39, 0.29) is 5.78 Å². The number of hydrogen-bond acceptors (Lipinski definition) is 7. The molecule has 0 amide bonds. The molecule has 0 aliphatic carbocycles. The number of nitrogens with zero attached hydrogens (tertiary/aromatic N) is 3. The van der Waals surface area contributed by atoms with Gasteiger partial charge in [0.15, 0.2) is 5.78 Å². The van der Waals surface area contributed by atoms with Crippen LogP contribution in [-0.2, 0) is 6.42 Å². The molecule has 0 saturated heterocycles. The van der Waals surface area contributed by atoms with Gasteiger partial charge in [-0.05, 0) is 12.0 Å². The number of rotatable bonds is 8. The van der Waals surface area contributed by atoms with Gasteiger partial charge in [-0.15, -0.1) is 0 Å². The number of carbonyl (C=O) groups is 1. The van der Waals surface area contributed by atoms with Crippen LogP contribution in [0.3, 0.4) is 0 Å². The van der Waals surface area contributed by atoms with Crippen LogP contribution in [0.15, 0.2) is 55.2 Å². The summed E-state index contributed by atoms with van der Waals surface area (Å²) in [4.78, 5) is 29.7. The summed E-state index contributed by atoms with van der Waals surface area (Å²) in [6.45, 7) is 2.09. The molecule has 1 unspecified atom stereocenters. The van der Waals surface area contributed by atoms with Gasteiger partial charge in [-0.25, -0.2) is 4.98 Å². The van der Waals surface area contributed by atoms with Crippen LogP contribution in [0.2, 0.25) is 0 Å². The van der Waals surface area contributed by atoms with Crippen molar-refractivity contribution >= 4 is 22.4 Å². The second kappa shape index (κ2) is 8.83. The van der Waals surface area contributed by atoms with E-state index in [0.717, 1.165) is 22.9 Å². The highest BCUT2D eigenvalue weighted by Gasteiger charge is 2.27. The molecule has 1 aromatic carbocycles. The first-order valence-electron chi connectivity index (χ1n) is 9.89. The molecule has 4 aromatic rings. The molecule has 8 heteroatoms. The number of ketones is 1. The SMILES string of the molecule is CCc1cccc2c(C(=O)C(Nc3cncc(OC)c3)c3cnc(OC)cn3)c[nH]c12. The Hall–Kier alpha value is -3.94. The van der Waals surface area contributed by atoms with Crippen molar-refractivity contribution in [1.29, 1.82) is 0 Å². The lowest BCUT2D eigenvalue weighted by Gasteiger charge is -2.18. The fraction of sp³-hybridized carbons (Fsp3) is 0.217. The van der Waals surface area contributed by atoms with Crippen molar-refractivity contribution in [3.63, 3.8) is 0 Å². The molecule has 0 bridgehead atoms. The summed E-state index contributed by atoms with van der Waals surface area (Å²) in [6.07, 6.45) is 8.87. The fourth-order valence-electron chi connectivity index (χ4n) is 3.50. The molecular weight excluding hydrogens is 394 g/mol. The van der Waals surface area contributed by atoms with Gasteiger partial charge in [-0.3, -0.25) is 14.8 Å². The maximum atomic E-state index is 13.7. The maximum Gasteiger partial charge on any atom is 0.231 e. The number of anilines is 1. The third-order valence-electron chi connectivity index (χ3n) is 5.12. The largest absolute Gasteiger partial charge is 0.495 e. The third-order valence-corrected chi connectivity index (χ3v) is 5.12. The number of para-hydroxylation sites is 1. The molecule has 4 rings (SSSR count). The second-order valence-corrected chi connectivity index (χ2v) is 6.93. The predicted molar refractivity (Wildman–Crippen MR) is 118 cm³/mol. The van der Waals surface area contributed by atoms with E-state index in [2.05, 4.69) is 38.2 Å². The minimum atomic E-state index is -0.781. The predicted octanol–water partition coefficient (Wildman–Crippen LogP) is 3.97. The highest BCUT2D eigenvalue weighted by Crippen LogP contribution is 2.29. The van der Waals surface area contributed by atoms with Gasteiger partial charge in [-0.2, -0.15) is 0 Å². The van der Waals surface area contributed by atoms with Gasteiger partial charge in [0, 0.05) is 28.7 Å². The minimum absolute atomic E-state index is 0.137. The number of nitrogens with one attached hydrogen (secondary N) is 2. The first-order chi connectivity index (χ1) is 15.1. The standard InChI is InChI=1S/C23H23N5O3/c1-4-14-6-5-7-17-18(11-27-21(14)17)23(29)22(19-12-26-20(31-3)13-25-19)28-15-8-16(30-2)10-24-9-15/h5-13,22,27-28H,4H2,1-3H3. The number of benzene rings is 1. The van der Waals surface area contributed by atoms with Crippen LogP contribution in [-0.4, -0.2) is 39.9 Å². The summed E-state index contributed by atoms with van der Waals surface area (Å²) in [7, 11) is 3.08. The van der Waals surface area contributed by atoms with Crippen molar-refractivity contribution in [3.8, 4) is 11.6 Å². The van der Waals surface area contributed by atoms with Gasteiger partial charge in [0.25, 0.3) is 0 Å². The van der Waals surface area contributed by atoms with Crippen molar-refractivity contribution in [2.75, 3.05) is 19.5 Å². The number of aromatic amines is 1. The number of Topliss-reactive ketones (excluding diaryl/α,β-unsaturated/α-hetero) is 1. The Balaban J connectivity index is 1.76. The number of aromatic nitrogens is 4. The van der Waals surface area contributed by atoms with Gasteiger partial charge in [0.2, 0.25) is 5.88 Å². The second-order valence-electron chi connectivity index (χ2n) is 6.93. The Morgan fingerprint density at radius 1 is 1.13 bits per heavy atom. The van der Waals surface area contributed by atoms with Crippen LogP contribution in [0, 0.1) is 0 Å². The molecule has 3 aromatic heterocycles. The van der Waals surface area contributed by atoms with Crippen LogP contribution in [0.1, 0.15) is 34.6 Å². The zero-order valence-corrected chi connectivity index (χ0v) is 17.5. The number of hydrogen-bond donors (Lipinski definition) is 2. The van der Waals surface area contributed by atoms with Crippen LogP contribution in [0.25, 0.3) is 10.9 Å². The lowest BCUT2D eigenvalue weighted by molar-refractivity contribution is 0.0969. The lowest BCUT2D eigenvalue weighted by Crippen LogP contribution is -2.22. The van der Waals surface area contributed by atoms with E-state index in [1.54, 1.807) is 31.8 Å². The number of carbonyl (C=O) groups excluding carboxylic acids is 1. The average Bonchev–Trinajstić information content (AvgIpc) is 3.26. The van der Waals surface area contributed by atoms with Gasteiger partial charge >= 0.3 is 0 Å². The van der Waals surface area contributed by atoms with Crippen molar-refractivity contribution < 1.29 is 14.3 Å². The molecule has 0 spiro atoms. The summed E-state index contributed by atoms with van der Waals surface area (Å²) >= 11 is 0. The zero-order valence-electron chi connectivity index (χ0n) is 17.5. The number of fused-ring (bicyclic) bond motifs is 1. The Morgan fingerprint density at radius 2 is 2.00 bits per heavy atom. The van der Waals surface area contributed by atoms with Crippen molar-refractivity contribution in [2.45, 2.75) is 19.4 Å². The summed E-state index contributed by atoms with van der Waals surface area (Å²) in [5.74, 6) is 0.816. The van der Waals surface area contributed by atoms with E-state index in [0.29, 0.717) is 28.6 Å². The van der Waals surface area contributed by atoms with Crippen LogP contribution in [0.5, 0.6) is 11.6 Å². The Kier molecular flexibility index (Phi) is 5.79. The highest BCUT2D eigenvalue weighted by molar-refractivity contribution is 6.11. The maximum absolute atomic E-state index is 13.7. The number of aryl methyl sites for hydroxylation is 1. The van der Waals surface area contributed by atoms with Crippen LogP contribution >= 0.6 is 0 Å². The van der Waals surface area contributed by atoms with Crippen LogP contribution in [0.4, 0.5) is 5.69 Å². The molecule has 0 fully saturated rings. The monoisotopic (exact) mass is 417 g/mol. The molecule has 0 radical (unpaired) electrons. The molecule has 8 nitrogen and oxygen atoms in total. The number of methoxy groups -OCH3 is 2. The number of H-pyrrole nitrogens is 1. The Labute approximate surface area is 179 Å². The topological polar surface area (TPSA) is 102 Å². The van der Waals surface area contributed by atoms with E-state index >= 15 is 0 Å². The molecule has 1 atom stereocenters. The molecule has 0 aliphatic heterocycles. The van der Waals surface area contributed by atoms with Crippen LogP contribution < -0.4 is 14.8 Å². The minimum Gasteiger partial charge on any atom is -0.495 e. The van der Waals surface area contributed by atoms with Gasteiger partial charge < -0.3 is 19.8 Å². The quantitative estimate of drug-likeness (QED) is 0.418. The Morgan fingerprint density at radius 3 is 2.71 bits per heavy atom. The van der Waals surface area contributed by atoms with Crippen molar-refractivity contribution in [1.82, 2.24) is 19.9 Å². The molecule has 0 saturated carbocycles. The zero-order chi connectivity index (χ0) is 21.8. The van der Waals surface area contributed by atoms with E-state index < -0.39 is 6.04 Å². The summed E-state index contributed by atoms with van der Waals surface area (Å²) in [5.41, 5.74) is 3.80. The summed E-state index contributed by atoms with van der Waals surface area (Å²) in [6, 6.07) is 6.96. The first kappa shape index (κ1) is 20.3. The van der Waals surface area contributed by atoms with Gasteiger partial charge in [-0.1, -0.05) is 25.1 Å². The normalized spacial score (nSPS) is 11.8. The van der Waals surface area contributed by atoms with E-state index in [9.17, 15) is 4.79 Å². The fourth-order valence-corrected chi connectivity index (χ4v) is 3.50. The molecule has 2 N–H and O–H groups in total. The molecular formula is C23H23N5O3. The Bertz CT molecular complexity index is 1200. The molecule has 0 aliphatic rings. The third kappa shape index (κ3) is 4.05. The van der Waals surface area contributed by atoms with Gasteiger partial charge in [0.1, 0.15) is 11.8 Å². The van der Waals surface area contributed by atoms with E-state index in [1.165, 1.54) is 19.5 Å². The van der Waals surface area contributed by atoms with Crippen molar-refractivity contribution in [3.05, 3.63) is 72.1 Å². The van der Waals surface area contributed by atoms with E-state index in [4.69, 9.17) is 9.47 Å². The average molecular weight is 417 g/mol. The molecule has 158 valence electrons. The van der Waals surface area contributed by atoms with Crippen molar-refractivity contribution in [2.24, 2.45) is 0 Å². The number of ether oxygens (including phenoxy) is 2. The summed E-state index contributed by atoms with van der Waals surface area (Å²) in [5, 5.41) is 4.12. The summed E-state index contributed by atoms with van der Waals surface area (Å²) < 4.78 is 10.4. The first-order valence-corrected chi connectivity index (χ1v) is 9.89. The smallest absolute Gasteiger partial charge is 0.231 e. The van der Waals surface area contributed by atoms with E-state index in [1.807, 2.05) is 12.1 Å². The lowest BCUT2D eigenvalue weighted by atomic mass is 9.99.